The van der Waals surface area contributed by atoms with Crippen LogP contribution in [0.25, 0.3) is 0 Å². The highest BCUT2D eigenvalue weighted by Crippen LogP contribution is 2.24. The number of aryl methyl sites for hydroxylation is 2. The van der Waals surface area contributed by atoms with Gasteiger partial charge in [-0.3, -0.25) is 4.98 Å². The lowest BCUT2D eigenvalue weighted by Crippen LogP contribution is -2.22. The summed E-state index contributed by atoms with van der Waals surface area (Å²) in [6, 6.07) is 10.9. The van der Waals surface area contributed by atoms with Gasteiger partial charge in [0.15, 0.2) is 0 Å². The second-order valence-corrected chi connectivity index (χ2v) is 5.82. The molecule has 0 aliphatic heterocycles. The summed E-state index contributed by atoms with van der Waals surface area (Å²) in [4.78, 5) is 4.07. The number of nitrogens with one attached hydrogen (secondary N) is 1. The third-order valence-electron chi connectivity index (χ3n) is 3.71. The van der Waals surface area contributed by atoms with E-state index >= 15 is 0 Å². The van der Waals surface area contributed by atoms with E-state index < -0.39 is 0 Å². The largest absolute Gasteiger partial charge is 0.310 e. The minimum Gasteiger partial charge on any atom is -0.310 e. The summed E-state index contributed by atoms with van der Waals surface area (Å²) < 4.78 is 0. The number of hydrogen-bond acceptors (Lipinski definition) is 2. The monoisotopic (exact) mass is 302 g/mol. The Hall–Kier alpha value is -1.38. The van der Waals surface area contributed by atoms with Gasteiger partial charge < -0.3 is 5.32 Å². The van der Waals surface area contributed by atoms with Crippen molar-refractivity contribution >= 4 is 11.6 Å². The van der Waals surface area contributed by atoms with E-state index in [0.29, 0.717) is 6.04 Å². The van der Waals surface area contributed by atoms with E-state index in [-0.39, 0.29) is 0 Å². The highest BCUT2D eigenvalue weighted by atomic mass is 35.5. The van der Waals surface area contributed by atoms with Crippen molar-refractivity contribution in [3.8, 4) is 0 Å². The molecule has 3 heteroatoms. The topological polar surface area (TPSA) is 24.9 Å². The highest BCUT2D eigenvalue weighted by Gasteiger charge is 2.12. The zero-order chi connectivity index (χ0) is 15.1. The van der Waals surface area contributed by atoms with Gasteiger partial charge in [-0.2, -0.15) is 0 Å². The Labute approximate surface area is 132 Å². The zero-order valence-electron chi connectivity index (χ0n) is 12.8. The van der Waals surface area contributed by atoms with Crippen LogP contribution in [-0.4, -0.2) is 11.5 Å². The molecule has 0 spiro atoms. The first-order chi connectivity index (χ1) is 10.2. The molecule has 1 aromatic carbocycles. The number of hydrogen-bond donors (Lipinski definition) is 1. The molecular weight excluding hydrogens is 280 g/mol. The normalized spacial score (nSPS) is 12.3. The minimum atomic E-state index is 0.344. The Morgan fingerprint density at radius 1 is 1.19 bits per heavy atom. The Morgan fingerprint density at radius 2 is 1.95 bits per heavy atom. The van der Waals surface area contributed by atoms with Crippen LogP contribution in [0.3, 0.4) is 0 Å². The van der Waals surface area contributed by atoms with E-state index in [1.807, 2.05) is 19.3 Å². The van der Waals surface area contributed by atoms with Gasteiger partial charge in [0.05, 0.1) is 0 Å². The molecule has 0 radical (unpaired) electrons. The first-order valence-corrected chi connectivity index (χ1v) is 7.97. The maximum absolute atomic E-state index is 6.27. The van der Waals surface area contributed by atoms with Crippen molar-refractivity contribution in [3.63, 3.8) is 0 Å². The molecule has 0 aliphatic carbocycles. The lowest BCUT2D eigenvalue weighted by atomic mass is 9.98. The molecule has 0 aliphatic rings. The maximum atomic E-state index is 6.27. The molecule has 0 saturated carbocycles. The van der Waals surface area contributed by atoms with Gasteiger partial charge in [-0.05, 0) is 67.6 Å². The number of nitrogens with zero attached hydrogens (tertiary/aromatic N) is 1. The molecule has 0 saturated heterocycles. The average molecular weight is 303 g/mol. The quantitative estimate of drug-likeness (QED) is 0.800. The van der Waals surface area contributed by atoms with E-state index in [1.165, 1.54) is 11.1 Å². The molecule has 2 nitrogen and oxygen atoms in total. The van der Waals surface area contributed by atoms with Gasteiger partial charge in [0, 0.05) is 23.5 Å². The molecule has 1 unspecified atom stereocenters. The number of rotatable bonds is 7. The van der Waals surface area contributed by atoms with Crippen LogP contribution in [0.5, 0.6) is 0 Å². The summed E-state index contributed by atoms with van der Waals surface area (Å²) in [5.74, 6) is 0. The number of aromatic nitrogens is 1. The van der Waals surface area contributed by atoms with Gasteiger partial charge in [-0.15, -0.1) is 0 Å². The van der Waals surface area contributed by atoms with Crippen LogP contribution in [-0.2, 0) is 6.42 Å². The van der Waals surface area contributed by atoms with Crippen molar-refractivity contribution in [3.05, 3.63) is 64.4 Å². The molecule has 1 atom stereocenters. The fraction of sp³-hybridized carbons (Fsp3) is 0.389. The lowest BCUT2D eigenvalue weighted by Gasteiger charge is -2.20. The SMILES string of the molecule is CCCNC(CCc1ccncc1)c1ccc(C)c(Cl)c1. The Bertz CT molecular complexity index is 554. The van der Waals surface area contributed by atoms with E-state index in [1.54, 1.807) is 0 Å². The van der Waals surface area contributed by atoms with Crippen molar-refractivity contribution in [1.29, 1.82) is 0 Å². The molecule has 0 fully saturated rings. The van der Waals surface area contributed by atoms with Crippen LogP contribution < -0.4 is 5.32 Å². The first kappa shape index (κ1) is 16.0. The van der Waals surface area contributed by atoms with Gasteiger partial charge in [0.25, 0.3) is 0 Å². The van der Waals surface area contributed by atoms with E-state index in [0.717, 1.165) is 36.4 Å². The summed E-state index contributed by atoms with van der Waals surface area (Å²) in [5, 5.41) is 4.48. The molecule has 0 bridgehead atoms. The van der Waals surface area contributed by atoms with E-state index in [2.05, 4.69) is 47.6 Å². The molecule has 21 heavy (non-hydrogen) atoms. The van der Waals surface area contributed by atoms with Crippen molar-refractivity contribution in [1.82, 2.24) is 10.3 Å². The summed E-state index contributed by atoms with van der Waals surface area (Å²) in [6.07, 6.45) is 6.93. The van der Waals surface area contributed by atoms with Gasteiger partial charge in [-0.1, -0.05) is 30.7 Å². The van der Waals surface area contributed by atoms with Crippen LogP contribution >= 0.6 is 11.6 Å². The van der Waals surface area contributed by atoms with Gasteiger partial charge in [0.1, 0.15) is 0 Å². The molecule has 1 N–H and O–H groups in total. The Balaban J connectivity index is 2.08. The molecule has 112 valence electrons. The van der Waals surface area contributed by atoms with Crippen LogP contribution in [0.4, 0.5) is 0 Å². The van der Waals surface area contributed by atoms with E-state index in [4.69, 9.17) is 11.6 Å². The average Bonchev–Trinajstić information content (AvgIpc) is 2.51. The van der Waals surface area contributed by atoms with Crippen molar-refractivity contribution < 1.29 is 0 Å². The van der Waals surface area contributed by atoms with Gasteiger partial charge in [0.2, 0.25) is 0 Å². The fourth-order valence-electron chi connectivity index (χ4n) is 2.39. The maximum Gasteiger partial charge on any atom is 0.0438 e. The van der Waals surface area contributed by atoms with Crippen LogP contribution in [0.15, 0.2) is 42.7 Å². The predicted molar refractivity (Wildman–Crippen MR) is 89.8 cm³/mol. The number of benzene rings is 1. The lowest BCUT2D eigenvalue weighted by molar-refractivity contribution is 0.499. The molecule has 0 amide bonds. The van der Waals surface area contributed by atoms with Gasteiger partial charge >= 0.3 is 0 Å². The zero-order valence-corrected chi connectivity index (χ0v) is 13.5. The van der Waals surface area contributed by atoms with Crippen molar-refractivity contribution in [2.75, 3.05) is 6.54 Å². The third-order valence-corrected chi connectivity index (χ3v) is 4.12. The third kappa shape index (κ3) is 4.83. The number of pyridine rings is 1. The molecule has 1 heterocycles. The van der Waals surface area contributed by atoms with Gasteiger partial charge in [-0.25, -0.2) is 0 Å². The van der Waals surface area contributed by atoms with E-state index in [9.17, 15) is 0 Å². The molecule has 1 aromatic heterocycles. The Kier molecular flexibility index (Phi) is 6.21. The summed E-state index contributed by atoms with van der Waals surface area (Å²) >= 11 is 6.27. The van der Waals surface area contributed by atoms with Crippen molar-refractivity contribution in [2.24, 2.45) is 0 Å². The highest BCUT2D eigenvalue weighted by molar-refractivity contribution is 6.31. The second kappa shape index (κ2) is 8.16. The standard InChI is InChI=1S/C18H23ClN2/c1-3-10-21-18(7-5-15-8-11-20-12-9-15)16-6-4-14(2)17(19)13-16/h4,6,8-9,11-13,18,21H,3,5,7,10H2,1-2H3. The molecule has 2 rings (SSSR count). The minimum absolute atomic E-state index is 0.344. The van der Waals surface area contributed by atoms with Crippen LogP contribution in [0.1, 0.15) is 42.5 Å². The van der Waals surface area contributed by atoms with Crippen LogP contribution in [0, 0.1) is 6.92 Å². The van der Waals surface area contributed by atoms with Crippen LogP contribution in [0.2, 0.25) is 5.02 Å². The summed E-state index contributed by atoms with van der Waals surface area (Å²) in [7, 11) is 0. The first-order valence-electron chi connectivity index (χ1n) is 7.59. The Morgan fingerprint density at radius 3 is 2.62 bits per heavy atom. The molecule has 2 aromatic rings. The smallest absolute Gasteiger partial charge is 0.0438 e. The summed E-state index contributed by atoms with van der Waals surface area (Å²) in [5.41, 5.74) is 3.73. The second-order valence-electron chi connectivity index (χ2n) is 5.41. The predicted octanol–water partition coefficient (Wildman–Crippen LogP) is 4.72. The fourth-order valence-corrected chi connectivity index (χ4v) is 2.58. The number of halogens is 1. The van der Waals surface area contributed by atoms with Crippen molar-refractivity contribution in [2.45, 2.75) is 39.2 Å². The molecular formula is C18H23ClN2. The summed E-state index contributed by atoms with van der Waals surface area (Å²) in [6.45, 7) is 5.25.